The van der Waals surface area contributed by atoms with Gasteiger partial charge < -0.3 is 4.74 Å². The Balaban J connectivity index is 4.26. The van der Waals surface area contributed by atoms with Crippen LogP contribution in [0.15, 0.2) is 0 Å². The van der Waals surface area contributed by atoms with Crippen molar-refractivity contribution in [1.82, 2.24) is 0 Å². The molecule has 0 unspecified atom stereocenters. The molecule has 0 rings (SSSR count). The van der Waals surface area contributed by atoms with Crippen molar-refractivity contribution in [2.45, 2.75) is 40.5 Å². The molecule has 0 spiro atoms. The maximum atomic E-state index is 11.0. The van der Waals surface area contributed by atoms with Crippen LogP contribution in [-0.2, 0) is 9.53 Å². The lowest BCUT2D eigenvalue weighted by Crippen LogP contribution is -2.17. The van der Waals surface area contributed by atoms with E-state index in [0.29, 0.717) is 6.42 Å². The topological polar surface area (TPSA) is 26.3 Å². The summed E-state index contributed by atoms with van der Waals surface area (Å²) in [5.41, 5.74) is -0.684. The highest BCUT2D eigenvalue weighted by atomic mass is 16.5. The average molecular weight is 160 g/mol. The van der Waals surface area contributed by atoms with E-state index < -0.39 is 17.9 Å². The normalized spacial score (nSPS) is 15.3. The highest BCUT2D eigenvalue weighted by Gasteiger charge is 2.12. The van der Waals surface area contributed by atoms with Crippen LogP contribution >= 0.6 is 0 Å². The predicted octanol–water partition coefficient (Wildman–Crippen LogP) is 2.38. The van der Waals surface area contributed by atoms with Crippen molar-refractivity contribution in [3.63, 3.8) is 0 Å². The van der Waals surface area contributed by atoms with Crippen LogP contribution in [0.3, 0.4) is 0 Å². The van der Waals surface area contributed by atoms with Gasteiger partial charge in [0.2, 0.25) is 0 Å². The van der Waals surface area contributed by atoms with Crippen molar-refractivity contribution < 1.29 is 12.3 Å². The Morgan fingerprint density at radius 1 is 1.55 bits per heavy atom. The molecule has 0 atom stereocenters. The standard InChI is InChI=1S/C9H18O2/c1-5-6-8(10)11-7-9(2,3)4/h5-7H2,1-4H3/i7D2. The molecule has 0 radical (unpaired) electrons. The largest absolute Gasteiger partial charge is 0.465 e. The highest BCUT2D eigenvalue weighted by molar-refractivity contribution is 5.69. The van der Waals surface area contributed by atoms with Gasteiger partial charge in [-0.1, -0.05) is 27.7 Å². The van der Waals surface area contributed by atoms with E-state index in [1.165, 1.54) is 0 Å². The average Bonchev–Trinajstić information content (AvgIpc) is 1.83. The molecule has 0 aliphatic rings. The van der Waals surface area contributed by atoms with Gasteiger partial charge in [0.15, 0.2) is 0 Å². The third-order valence-electron chi connectivity index (χ3n) is 0.925. The summed E-state index contributed by atoms with van der Waals surface area (Å²) in [7, 11) is 0. The van der Waals surface area contributed by atoms with Crippen molar-refractivity contribution in [2.24, 2.45) is 5.41 Å². The number of hydrogen-bond acceptors (Lipinski definition) is 2. The van der Waals surface area contributed by atoms with E-state index in [9.17, 15) is 4.79 Å². The maximum absolute atomic E-state index is 11.0. The third kappa shape index (κ3) is 7.37. The summed E-state index contributed by atoms with van der Waals surface area (Å²) in [5.74, 6) is -0.470. The van der Waals surface area contributed by atoms with Crippen LogP contribution in [-0.4, -0.2) is 12.5 Å². The van der Waals surface area contributed by atoms with Gasteiger partial charge in [-0.05, 0) is 11.8 Å². The zero-order chi connectivity index (χ0) is 10.7. The zero-order valence-electron chi connectivity index (χ0n) is 9.73. The molecule has 2 nitrogen and oxygen atoms in total. The number of esters is 1. The number of rotatable bonds is 3. The van der Waals surface area contributed by atoms with Crippen molar-refractivity contribution in [1.29, 1.82) is 0 Å². The molecule has 2 heteroatoms. The fraction of sp³-hybridized carbons (Fsp3) is 0.889. The van der Waals surface area contributed by atoms with Crippen molar-refractivity contribution in [2.75, 3.05) is 6.56 Å². The summed E-state index contributed by atoms with van der Waals surface area (Å²) in [5, 5.41) is 0. The van der Waals surface area contributed by atoms with E-state index in [-0.39, 0.29) is 6.42 Å². The Bertz CT molecular complexity index is 183. The molecule has 0 fully saturated rings. The van der Waals surface area contributed by atoms with Crippen LogP contribution in [0.2, 0.25) is 0 Å². The molecule has 0 aliphatic heterocycles. The van der Waals surface area contributed by atoms with Gasteiger partial charge in [0.1, 0.15) is 0 Å². The molecular formula is C9H18O2. The molecule has 0 aromatic rings. The smallest absolute Gasteiger partial charge is 0.305 e. The van der Waals surface area contributed by atoms with E-state index in [1.807, 2.05) is 6.92 Å². The minimum absolute atomic E-state index is 0.273. The van der Waals surface area contributed by atoms with E-state index in [0.717, 1.165) is 0 Å². The number of carbonyl (C=O) groups is 1. The van der Waals surface area contributed by atoms with Crippen LogP contribution in [0.5, 0.6) is 0 Å². The summed E-state index contributed by atoms with van der Waals surface area (Å²) in [6.45, 7) is 5.07. The van der Waals surface area contributed by atoms with E-state index in [2.05, 4.69) is 0 Å². The van der Waals surface area contributed by atoms with Crippen LogP contribution in [0.25, 0.3) is 0 Å². The first kappa shape index (κ1) is 7.14. The quantitative estimate of drug-likeness (QED) is 0.592. The number of hydrogen-bond donors (Lipinski definition) is 0. The number of carbonyl (C=O) groups excluding carboxylic acids is 1. The van der Waals surface area contributed by atoms with Gasteiger partial charge in [0.05, 0.1) is 9.30 Å². The second kappa shape index (κ2) is 4.37. The Morgan fingerprint density at radius 2 is 2.09 bits per heavy atom. The van der Waals surface area contributed by atoms with Crippen LogP contribution in [0.4, 0.5) is 0 Å². The lowest BCUT2D eigenvalue weighted by molar-refractivity contribution is -0.146. The highest BCUT2D eigenvalue weighted by Crippen LogP contribution is 2.13. The molecular weight excluding hydrogens is 140 g/mol. The predicted molar refractivity (Wildman–Crippen MR) is 45.3 cm³/mol. The summed E-state index contributed by atoms with van der Waals surface area (Å²) < 4.78 is 19.8. The van der Waals surface area contributed by atoms with Crippen molar-refractivity contribution in [3.8, 4) is 0 Å². The minimum Gasteiger partial charge on any atom is -0.465 e. The van der Waals surface area contributed by atoms with Gasteiger partial charge in [-0.3, -0.25) is 4.79 Å². The van der Waals surface area contributed by atoms with Gasteiger partial charge in [-0.15, -0.1) is 0 Å². The number of ether oxygens (including phenoxy) is 1. The zero-order valence-corrected chi connectivity index (χ0v) is 7.73. The summed E-state index contributed by atoms with van der Waals surface area (Å²) >= 11 is 0. The van der Waals surface area contributed by atoms with E-state index in [1.54, 1.807) is 20.8 Å². The fourth-order valence-electron chi connectivity index (χ4n) is 0.465. The second-order valence-corrected chi connectivity index (χ2v) is 3.58. The first-order valence-electron chi connectivity index (χ1n) is 4.92. The SMILES string of the molecule is [2H]C([2H])(OC(=O)CCC)C(C)(C)C. The van der Waals surface area contributed by atoms with Gasteiger partial charge >= 0.3 is 5.97 Å². The lowest BCUT2D eigenvalue weighted by atomic mass is 9.99. The molecule has 0 saturated carbocycles. The molecule has 11 heavy (non-hydrogen) atoms. The third-order valence-corrected chi connectivity index (χ3v) is 0.925. The molecule has 66 valence electrons. The molecule has 0 bridgehead atoms. The maximum Gasteiger partial charge on any atom is 0.305 e. The van der Waals surface area contributed by atoms with Crippen molar-refractivity contribution >= 4 is 5.97 Å². The first-order valence-corrected chi connectivity index (χ1v) is 3.92. The van der Waals surface area contributed by atoms with E-state index >= 15 is 0 Å². The van der Waals surface area contributed by atoms with Gasteiger partial charge in [0, 0.05) is 6.42 Å². The Kier molecular flexibility index (Phi) is 2.83. The summed E-state index contributed by atoms with van der Waals surface area (Å²) in [6, 6.07) is 0. The molecule has 0 amide bonds. The molecule has 0 N–H and O–H groups in total. The lowest BCUT2D eigenvalue weighted by Gasteiger charge is -2.17. The van der Waals surface area contributed by atoms with Crippen LogP contribution < -0.4 is 0 Å². The molecule has 0 saturated heterocycles. The van der Waals surface area contributed by atoms with Crippen LogP contribution in [0.1, 0.15) is 43.3 Å². The summed E-state index contributed by atoms with van der Waals surface area (Å²) in [4.78, 5) is 11.0. The molecule has 0 aromatic carbocycles. The van der Waals surface area contributed by atoms with Gasteiger partial charge in [0.25, 0.3) is 0 Å². The van der Waals surface area contributed by atoms with Crippen molar-refractivity contribution in [3.05, 3.63) is 0 Å². The van der Waals surface area contributed by atoms with E-state index in [4.69, 9.17) is 7.48 Å². The molecule has 0 aliphatic carbocycles. The molecule has 0 heterocycles. The molecule has 0 aromatic heterocycles. The van der Waals surface area contributed by atoms with Gasteiger partial charge in [-0.25, -0.2) is 0 Å². The van der Waals surface area contributed by atoms with Crippen LogP contribution in [0, 0.1) is 5.41 Å². The van der Waals surface area contributed by atoms with Gasteiger partial charge in [-0.2, -0.15) is 0 Å². The Morgan fingerprint density at radius 3 is 2.45 bits per heavy atom. The minimum atomic E-state index is -1.89. The summed E-state index contributed by atoms with van der Waals surface area (Å²) in [6.07, 6.45) is 0.953. The monoisotopic (exact) mass is 160 g/mol. The first-order chi connectivity index (χ1) is 5.70. The Hall–Kier alpha value is -0.530. The second-order valence-electron chi connectivity index (χ2n) is 3.58. The fourth-order valence-corrected chi connectivity index (χ4v) is 0.465. The Labute approximate surface area is 71.7 Å².